The maximum Gasteiger partial charge on any atom is 0.417 e. The largest absolute Gasteiger partial charge is 0.466 e. The number of ether oxygens (including phenoxy) is 1. The van der Waals surface area contributed by atoms with E-state index in [1.54, 1.807) is 6.92 Å². The third kappa shape index (κ3) is 5.77. The molecule has 0 saturated carbocycles. The minimum absolute atomic E-state index is 0.00438. The number of aromatic nitrogens is 1. The highest BCUT2D eigenvalue weighted by atomic mass is 35.5. The molecule has 0 aliphatic carbocycles. The molecule has 0 spiro atoms. The van der Waals surface area contributed by atoms with Gasteiger partial charge in [0, 0.05) is 23.9 Å². The molecule has 0 aliphatic rings. The Morgan fingerprint density at radius 1 is 1.28 bits per heavy atom. The number of carbonyl (C=O) groups is 3. The zero-order valence-corrected chi connectivity index (χ0v) is 15.9. The van der Waals surface area contributed by atoms with Crippen LogP contribution in [0.3, 0.4) is 0 Å². The van der Waals surface area contributed by atoms with Crippen molar-refractivity contribution in [1.29, 1.82) is 0 Å². The Balaban J connectivity index is 2.20. The van der Waals surface area contributed by atoms with Crippen molar-refractivity contribution in [3.05, 3.63) is 52.3 Å². The van der Waals surface area contributed by atoms with Gasteiger partial charge < -0.3 is 10.1 Å². The van der Waals surface area contributed by atoms with Gasteiger partial charge in [-0.05, 0) is 30.7 Å². The second-order valence-electron chi connectivity index (χ2n) is 5.78. The molecule has 2 rings (SSSR count). The van der Waals surface area contributed by atoms with Gasteiger partial charge in [-0.15, -0.1) is 0 Å². The number of rotatable bonds is 7. The van der Waals surface area contributed by atoms with E-state index in [9.17, 15) is 27.6 Å². The van der Waals surface area contributed by atoms with Gasteiger partial charge in [0.15, 0.2) is 6.29 Å². The summed E-state index contributed by atoms with van der Waals surface area (Å²) < 4.78 is 44.0. The second kappa shape index (κ2) is 9.51. The zero-order valence-electron chi connectivity index (χ0n) is 15.2. The van der Waals surface area contributed by atoms with Crippen LogP contribution in [0.25, 0.3) is 11.1 Å². The van der Waals surface area contributed by atoms with Gasteiger partial charge in [0.25, 0.3) is 5.91 Å². The number of carbonyl (C=O) groups excluding carboxylic acids is 3. The van der Waals surface area contributed by atoms with Crippen LogP contribution in [0.1, 0.15) is 39.8 Å². The Bertz CT molecular complexity index is 915. The quantitative estimate of drug-likeness (QED) is 0.533. The van der Waals surface area contributed by atoms with E-state index in [2.05, 4.69) is 10.3 Å². The number of nitrogens with zero attached hydrogens (tertiary/aromatic N) is 1. The lowest BCUT2D eigenvalue weighted by atomic mass is 9.98. The van der Waals surface area contributed by atoms with Crippen molar-refractivity contribution in [1.82, 2.24) is 10.3 Å². The molecule has 0 fully saturated rings. The molecule has 6 nitrogen and oxygen atoms in total. The fourth-order valence-corrected chi connectivity index (χ4v) is 2.72. The van der Waals surface area contributed by atoms with E-state index >= 15 is 0 Å². The van der Waals surface area contributed by atoms with Crippen molar-refractivity contribution >= 4 is 29.8 Å². The van der Waals surface area contributed by atoms with Crippen LogP contribution in [0.4, 0.5) is 13.2 Å². The van der Waals surface area contributed by atoms with Gasteiger partial charge in [0.1, 0.15) is 5.69 Å². The molecule has 154 valence electrons. The van der Waals surface area contributed by atoms with Gasteiger partial charge in [-0.25, -0.2) is 0 Å². The van der Waals surface area contributed by atoms with Gasteiger partial charge in [0.05, 0.1) is 23.6 Å². The Kier molecular flexibility index (Phi) is 7.33. The number of alkyl halides is 3. The number of nitrogens with one attached hydrogen (secondary N) is 1. The van der Waals surface area contributed by atoms with Crippen molar-refractivity contribution in [3.8, 4) is 11.1 Å². The summed E-state index contributed by atoms with van der Waals surface area (Å²) in [4.78, 5) is 38.4. The summed E-state index contributed by atoms with van der Waals surface area (Å²) >= 11 is 5.63. The molecule has 1 aromatic carbocycles. The van der Waals surface area contributed by atoms with E-state index in [1.807, 2.05) is 0 Å². The van der Waals surface area contributed by atoms with Crippen molar-refractivity contribution < 1.29 is 32.3 Å². The molecule has 2 aromatic rings. The summed E-state index contributed by atoms with van der Waals surface area (Å²) in [6.45, 7) is 1.94. The Hall–Kier alpha value is -2.94. The van der Waals surface area contributed by atoms with E-state index in [-0.39, 0.29) is 42.0 Å². The molecule has 0 saturated heterocycles. The minimum atomic E-state index is -4.70. The van der Waals surface area contributed by atoms with Gasteiger partial charge in [-0.2, -0.15) is 13.2 Å². The maximum atomic E-state index is 13.1. The first-order valence-corrected chi connectivity index (χ1v) is 8.81. The predicted octanol–water partition coefficient (Wildman–Crippen LogP) is 3.92. The normalized spacial score (nSPS) is 11.1. The average molecular weight is 429 g/mol. The summed E-state index contributed by atoms with van der Waals surface area (Å²) in [5.74, 6) is -1.02. The van der Waals surface area contributed by atoms with Crippen LogP contribution in [0.2, 0.25) is 5.02 Å². The number of pyridine rings is 1. The van der Waals surface area contributed by atoms with Crippen LogP contribution >= 0.6 is 11.6 Å². The molecule has 1 N–H and O–H groups in total. The average Bonchev–Trinajstić information content (AvgIpc) is 2.67. The topological polar surface area (TPSA) is 85.4 Å². The van der Waals surface area contributed by atoms with Crippen LogP contribution < -0.4 is 5.32 Å². The molecule has 1 heterocycles. The summed E-state index contributed by atoms with van der Waals surface area (Å²) in [5, 5.41) is 1.89. The van der Waals surface area contributed by atoms with E-state index in [0.29, 0.717) is 6.29 Å². The van der Waals surface area contributed by atoms with Crippen LogP contribution in [0, 0.1) is 0 Å². The highest BCUT2D eigenvalue weighted by molar-refractivity contribution is 6.32. The molecule has 0 atom stereocenters. The van der Waals surface area contributed by atoms with Gasteiger partial charge in [-0.3, -0.25) is 19.4 Å². The molecule has 0 unspecified atom stereocenters. The van der Waals surface area contributed by atoms with E-state index in [0.717, 1.165) is 12.1 Å². The van der Waals surface area contributed by atoms with Crippen LogP contribution in [0.15, 0.2) is 30.5 Å². The summed E-state index contributed by atoms with van der Waals surface area (Å²) in [6, 6.07) is 4.36. The summed E-state index contributed by atoms with van der Waals surface area (Å²) in [5.41, 5.74) is -0.942. The molecule has 0 radical (unpaired) electrons. The van der Waals surface area contributed by atoms with Crippen molar-refractivity contribution in [3.63, 3.8) is 0 Å². The smallest absolute Gasteiger partial charge is 0.417 e. The Labute approximate surface area is 169 Å². The number of esters is 1. The molecule has 0 aliphatic heterocycles. The maximum absolute atomic E-state index is 13.1. The first kappa shape index (κ1) is 22.4. The third-order valence-corrected chi connectivity index (χ3v) is 4.11. The lowest BCUT2D eigenvalue weighted by molar-refractivity contribution is -0.143. The molecule has 29 heavy (non-hydrogen) atoms. The Morgan fingerprint density at radius 3 is 2.55 bits per heavy atom. The fraction of sp³-hybridized carbons (Fsp3) is 0.263. The van der Waals surface area contributed by atoms with E-state index in [4.69, 9.17) is 16.3 Å². The number of amides is 1. The second-order valence-corrected chi connectivity index (χ2v) is 6.19. The summed E-state index contributed by atoms with van der Waals surface area (Å²) in [7, 11) is 0. The first-order valence-electron chi connectivity index (χ1n) is 8.43. The zero-order chi connectivity index (χ0) is 21.6. The molecule has 1 aromatic heterocycles. The van der Waals surface area contributed by atoms with Gasteiger partial charge >= 0.3 is 12.1 Å². The predicted molar refractivity (Wildman–Crippen MR) is 98.7 cm³/mol. The monoisotopic (exact) mass is 428 g/mol. The molecular formula is C19H16ClF3N2O4. The highest BCUT2D eigenvalue weighted by Gasteiger charge is 2.34. The summed E-state index contributed by atoms with van der Waals surface area (Å²) in [6.07, 6.45) is -3.14. The van der Waals surface area contributed by atoms with Crippen molar-refractivity contribution in [2.45, 2.75) is 19.5 Å². The SMILES string of the molecule is CCOC(=O)CCNC(=O)c1ccc(-c2cc(C(F)(F)F)c(Cl)cc2C=O)cn1. The molecule has 10 heteroatoms. The third-order valence-electron chi connectivity index (χ3n) is 3.80. The number of hydrogen-bond donors (Lipinski definition) is 1. The fourth-order valence-electron chi connectivity index (χ4n) is 2.44. The number of benzene rings is 1. The standard InChI is InChI=1S/C19H16ClF3N2O4/c1-2-29-17(27)5-6-24-18(28)16-4-3-11(9-25-16)13-8-14(19(21,22)23)15(20)7-12(13)10-26/h3-4,7-10H,2,5-6H2,1H3,(H,24,28). The van der Waals surface area contributed by atoms with E-state index in [1.165, 1.54) is 18.3 Å². The highest BCUT2D eigenvalue weighted by Crippen LogP contribution is 2.38. The van der Waals surface area contributed by atoms with Crippen molar-refractivity contribution in [2.24, 2.45) is 0 Å². The molecular weight excluding hydrogens is 413 g/mol. The van der Waals surface area contributed by atoms with Crippen molar-refractivity contribution in [2.75, 3.05) is 13.2 Å². The molecule has 1 amide bonds. The number of hydrogen-bond acceptors (Lipinski definition) is 5. The lowest BCUT2D eigenvalue weighted by Crippen LogP contribution is -2.27. The van der Waals surface area contributed by atoms with Gasteiger partial charge in [-0.1, -0.05) is 17.7 Å². The van der Waals surface area contributed by atoms with Crippen LogP contribution in [-0.4, -0.2) is 36.3 Å². The van der Waals surface area contributed by atoms with Gasteiger partial charge in [0.2, 0.25) is 0 Å². The lowest BCUT2D eigenvalue weighted by Gasteiger charge is -2.13. The van der Waals surface area contributed by atoms with E-state index < -0.39 is 28.6 Å². The Morgan fingerprint density at radius 2 is 2.00 bits per heavy atom. The number of halogens is 4. The minimum Gasteiger partial charge on any atom is -0.466 e. The van der Waals surface area contributed by atoms with Crippen LogP contribution in [0.5, 0.6) is 0 Å². The van der Waals surface area contributed by atoms with Crippen LogP contribution in [-0.2, 0) is 15.7 Å². The molecule has 0 bridgehead atoms. The first-order chi connectivity index (χ1) is 13.7. The number of aldehydes is 1.